The Morgan fingerprint density at radius 2 is 2.06 bits per heavy atom. The van der Waals surface area contributed by atoms with Crippen LogP contribution in [0.1, 0.15) is 19.8 Å². The van der Waals surface area contributed by atoms with Crippen molar-refractivity contribution in [1.29, 1.82) is 0 Å². The van der Waals surface area contributed by atoms with E-state index in [4.69, 9.17) is 0 Å². The molecule has 1 N–H and O–H groups in total. The first-order valence-electron chi connectivity index (χ1n) is 6.53. The summed E-state index contributed by atoms with van der Waals surface area (Å²) >= 11 is 1.59. The van der Waals surface area contributed by atoms with Crippen LogP contribution < -0.4 is 4.90 Å². The van der Waals surface area contributed by atoms with E-state index in [0.717, 1.165) is 31.4 Å². The third kappa shape index (κ3) is 2.10. The molecule has 0 amide bonds. The van der Waals surface area contributed by atoms with E-state index in [1.54, 1.807) is 11.5 Å². The van der Waals surface area contributed by atoms with Gasteiger partial charge < -0.3 is 10.0 Å². The Kier molecular flexibility index (Phi) is 3.22. The second-order valence-electron chi connectivity index (χ2n) is 5.07. The first-order chi connectivity index (χ1) is 8.75. The number of aromatic nitrogens is 1. The maximum absolute atomic E-state index is 9.64. The minimum absolute atomic E-state index is 0.176. The van der Waals surface area contributed by atoms with E-state index in [9.17, 15) is 5.11 Å². The first-order valence-corrected chi connectivity index (χ1v) is 7.30. The molecule has 1 aliphatic heterocycles. The fourth-order valence-electron chi connectivity index (χ4n) is 2.69. The number of aliphatic hydroxyl groups is 1. The van der Waals surface area contributed by atoms with E-state index in [-0.39, 0.29) is 6.10 Å². The molecule has 18 heavy (non-hydrogen) atoms. The molecule has 1 fully saturated rings. The quantitative estimate of drug-likeness (QED) is 0.904. The maximum Gasteiger partial charge on any atom is 0.119 e. The molecule has 1 unspecified atom stereocenters. The molecular formula is C14H18N2OS. The van der Waals surface area contributed by atoms with Crippen LogP contribution in [0.3, 0.4) is 0 Å². The fraction of sp³-hybridized carbons (Fsp3) is 0.500. The lowest BCUT2D eigenvalue weighted by Crippen LogP contribution is -2.36. The zero-order valence-electron chi connectivity index (χ0n) is 10.5. The molecule has 0 bridgehead atoms. The van der Waals surface area contributed by atoms with Crippen molar-refractivity contribution < 1.29 is 5.11 Å². The topological polar surface area (TPSA) is 36.4 Å². The van der Waals surface area contributed by atoms with Gasteiger partial charge in [0.1, 0.15) is 5.00 Å². The van der Waals surface area contributed by atoms with E-state index < -0.39 is 0 Å². The van der Waals surface area contributed by atoms with Crippen molar-refractivity contribution in [3.8, 4) is 0 Å². The Hall–Kier alpha value is -1.13. The van der Waals surface area contributed by atoms with Gasteiger partial charge in [-0.05, 0) is 49.3 Å². The van der Waals surface area contributed by atoms with Crippen LogP contribution in [-0.4, -0.2) is 28.7 Å². The predicted octanol–water partition coefficient (Wildman–Crippen LogP) is 2.89. The van der Waals surface area contributed by atoms with Crippen molar-refractivity contribution in [3.63, 3.8) is 0 Å². The zero-order chi connectivity index (χ0) is 12.5. The number of benzene rings is 1. The summed E-state index contributed by atoms with van der Waals surface area (Å²) < 4.78 is 4.50. The normalized spacial score (nSPS) is 19.3. The van der Waals surface area contributed by atoms with E-state index in [1.165, 1.54) is 10.4 Å². The summed E-state index contributed by atoms with van der Waals surface area (Å²) in [4.78, 5) is 2.42. The molecule has 1 aromatic heterocycles. The van der Waals surface area contributed by atoms with Crippen LogP contribution >= 0.6 is 11.5 Å². The van der Waals surface area contributed by atoms with Crippen LogP contribution in [0.4, 0.5) is 5.00 Å². The molecular weight excluding hydrogens is 244 g/mol. The van der Waals surface area contributed by atoms with Crippen molar-refractivity contribution in [2.75, 3.05) is 18.0 Å². The second-order valence-corrected chi connectivity index (χ2v) is 5.82. The van der Waals surface area contributed by atoms with Crippen molar-refractivity contribution in [2.45, 2.75) is 25.9 Å². The van der Waals surface area contributed by atoms with Crippen molar-refractivity contribution in [3.05, 3.63) is 24.3 Å². The molecule has 3 nitrogen and oxygen atoms in total. The molecule has 1 aliphatic rings. The maximum atomic E-state index is 9.64. The number of hydrogen-bond donors (Lipinski definition) is 1. The first kappa shape index (κ1) is 11.9. The third-order valence-corrected chi connectivity index (χ3v) is 4.81. The van der Waals surface area contributed by atoms with Gasteiger partial charge >= 0.3 is 0 Å². The summed E-state index contributed by atoms with van der Waals surface area (Å²) in [5.41, 5.74) is 1.09. The second kappa shape index (κ2) is 4.86. The molecule has 1 aromatic carbocycles. The van der Waals surface area contributed by atoms with E-state index >= 15 is 0 Å². The van der Waals surface area contributed by atoms with Gasteiger partial charge in [0, 0.05) is 18.5 Å². The Balaban J connectivity index is 1.80. The molecule has 0 aliphatic carbocycles. The van der Waals surface area contributed by atoms with Crippen LogP contribution in [0.25, 0.3) is 10.9 Å². The zero-order valence-corrected chi connectivity index (χ0v) is 11.4. The molecule has 0 saturated carbocycles. The van der Waals surface area contributed by atoms with Crippen LogP contribution in [-0.2, 0) is 0 Å². The third-order valence-electron chi connectivity index (χ3n) is 3.87. The van der Waals surface area contributed by atoms with Gasteiger partial charge in [0.25, 0.3) is 0 Å². The van der Waals surface area contributed by atoms with Crippen LogP contribution in [0.15, 0.2) is 24.3 Å². The Bertz CT molecular complexity index is 529. The lowest BCUT2D eigenvalue weighted by Gasteiger charge is -2.33. The number of nitrogens with zero attached hydrogens (tertiary/aromatic N) is 2. The molecule has 0 spiro atoms. The lowest BCUT2D eigenvalue weighted by molar-refractivity contribution is 0.110. The van der Waals surface area contributed by atoms with Gasteiger partial charge in [-0.3, -0.25) is 0 Å². The molecule has 2 aromatic rings. The molecule has 1 saturated heterocycles. The van der Waals surface area contributed by atoms with E-state index in [2.05, 4.69) is 27.5 Å². The monoisotopic (exact) mass is 262 g/mol. The van der Waals surface area contributed by atoms with Crippen molar-refractivity contribution in [2.24, 2.45) is 5.92 Å². The number of hydrogen-bond acceptors (Lipinski definition) is 4. The highest BCUT2D eigenvalue weighted by atomic mass is 32.1. The van der Waals surface area contributed by atoms with Crippen molar-refractivity contribution >= 4 is 27.4 Å². The van der Waals surface area contributed by atoms with Crippen LogP contribution in [0, 0.1) is 5.92 Å². The van der Waals surface area contributed by atoms with Gasteiger partial charge in [-0.2, -0.15) is 4.37 Å². The Morgan fingerprint density at radius 3 is 2.78 bits per heavy atom. The summed E-state index contributed by atoms with van der Waals surface area (Å²) in [5.74, 6) is 0.459. The molecule has 4 heteroatoms. The van der Waals surface area contributed by atoms with Crippen LogP contribution in [0.2, 0.25) is 0 Å². The smallest absolute Gasteiger partial charge is 0.119 e. The number of fused-ring (bicyclic) bond motifs is 1. The summed E-state index contributed by atoms with van der Waals surface area (Å²) in [7, 11) is 0. The van der Waals surface area contributed by atoms with Gasteiger partial charge in [-0.1, -0.05) is 12.1 Å². The number of rotatable bonds is 2. The lowest BCUT2D eigenvalue weighted by atomic mass is 9.92. The van der Waals surface area contributed by atoms with Gasteiger partial charge in [-0.15, -0.1) is 0 Å². The van der Waals surface area contributed by atoms with E-state index in [1.807, 2.05) is 13.0 Å². The molecule has 3 rings (SSSR count). The standard InChI is InChI=1S/C14H18N2OS/c1-10(17)11-6-8-16(9-7-11)14-12-4-2-3-5-13(12)15-18-14/h2-5,10-11,17H,6-9H2,1H3. The SMILES string of the molecule is CC(O)C1CCN(c2snc3ccccc23)CC1. The average molecular weight is 262 g/mol. The minimum Gasteiger partial charge on any atom is -0.393 e. The highest BCUT2D eigenvalue weighted by Crippen LogP contribution is 2.34. The molecule has 0 radical (unpaired) electrons. The Morgan fingerprint density at radius 1 is 1.33 bits per heavy atom. The largest absolute Gasteiger partial charge is 0.393 e. The van der Waals surface area contributed by atoms with Crippen LogP contribution in [0.5, 0.6) is 0 Å². The molecule has 1 atom stereocenters. The number of aliphatic hydroxyl groups excluding tert-OH is 1. The summed E-state index contributed by atoms with van der Waals surface area (Å²) in [6.07, 6.45) is 1.97. The summed E-state index contributed by atoms with van der Waals surface area (Å²) in [6.45, 7) is 3.96. The molecule has 96 valence electrons. The molecule has 2 heterocycles. The van der Waals surface area contributed by atoms with E-state index in [0.29, 0.717) is 5.92 Å². The van der Waals surface area contributed by atoms with Gasteiger partial charge in [0.15, 0.2) is 0 Å². The summed E-state index contributed by atoms with van der Waals surface area (Å²) in [6, 6.07) is 8.32. The highest BCUT2D eigenvalue weighted by molar-refractivity contribution is 7.11. The van der Waals surface area contributed by atoms with Gasteiger partial charge in [0.05, 0.1) is 11.6 Å². The van der Waals surface area contributed by atoms with Crippen molar-refractivity contribution in [1.82, 2.24) is 4.37 Å². The minimum atomic E-state index is -0.176. The average Bonchev–Trinajstić information content (AvgIpc) is 2.82. The summed E-state index contributed by atoms with van der Waals surface area (Å²) in [5, 5.41) is 12.2. The highest BCUT2D eigenvalue weighted by Gasteiger charge is 2.24. The fourth-order valence-corrected chi connectivity index (χ4v) is 3.60. The number of anilines is 1. The Labute approximate surface area is 111 Å². The van der Waals surface area contributed by atoms with Gasteiger partial charge in [-0.25, -0.2) is 0 Å². The predicted molar refractivity (Wildman–Crippen MR) is 76.2 cm³/mol. The van der Waals surface area contributed by atoms with Gasteiger partial charge in [0.2, 0.25) is 0 Å². The number of piperidine rings is 1.